The molecule has 0 aromatic rings. The number of hydrogen-bond acceptors (Lipinski definition) is 6. The maximum Gasteiger partial charge on any atom is 0.305 e. The molecule has 0 rings (SSSR count). The minimum atomic E-state index is -0.0332. The maximum absolute atomic E-state index is 12.6. The standard InChI is InChI=1S/C47H92N2O5/c1-7-11-21-29-42(30-22-12-8-2)37-39-53-46(51)35-27-19-15-17-25-33-44(48-45(50)41-49(5)6)34-26-18-16-20-28-36-47(52)54-40-38-43(31-23-13-9-3)32-24-14-10-4/h42-44H,7-41H2,1-6H3,(H,48,50). The van der Waals surface area contributed by atoms with Gasteiger partial charge in [0.1, 0.15) is 0 Å². The van der Waals surface area contributed by atoms with Crippen molar-refractivity contribution in [1.82, 2.24) is 10.2 Å². The van der Waals surface area contributed by atoms with Gasteiger partial charge in [0.25, 0.3) is 0 Å². The summed E-state index contributed by atoms with van der Waals surface area (Å²) >= 11 is 0. The SMILES string of the molecule is CCCCCC(CCCCC)CCOC(=O)CCCCCCCC(CCCCCCCC(=O)OCCC(CCCCC)CCCCC)NC(=O)CN(C)C. The average molecular weight is 765 g/mol. The van der Waals surface area contributed by atoms with Crippen molar-refractivity contribution in [2.45, 2.75) is 239 Å². The monoisotopic (exact) mass is 765 g/mol. The van der Waals surface area contributed by atoms with Crippen molar-refractivity contribution in [3.8, 4) is 0 Å². The first-order chi connectivity index (χ1) is 26.2. The molecule has 0 atom stereocenters. The zero-order valence-electron chi connectivity index (χ0n) is 37.0. The number of esters is 2. The topological polar surface area (TPSA) is 84.9 Å². The number of nitrogens with one attached hydrogen (secondary N) is 1. The van der Waals surface area contributed by atoms with E-state index in [4.69, 9.17) is 9.47 Å². The van der Waals surface area contributed by atoms with E-state index in [1.165, 1.54) is 103 Å². The largest absolute Gasteiger partial charge is 0.466 e. The zero-order chi connectivity index (χ0) is 39.9. The van der Waals surface area contributed by atoms with E-state index in [-0.39, 0.29) is 23.9 Å². The van der Waals surface area contributed by atoms with Gasteiger partial charge in [-0.25, -0.2) is 0 Å². The summed E-state index contributed by atoms with van der Waals surface area (Å²) in [6.45, 7) is 10.6. The summed E-state index contributed by atoms with van der Waals surface area (Å²) in [7, 11) is 3.86. The minimum absolute atomic E-state index is 0.0332. The molecule has 0 saturated carbocycles. The Morgan fingerprint density at radius 2 is 0.778 bits per heavy atom. The van der Waals surface area contributed by atoms with Gasteiger partial charge in [-0.3, -0.25) is 14.4 Å². The number of unbranched alkanes of at least 4 members (excludes halogenated alkanes) is 16. The summed E-state index contributed by atoms with van der Waals surface area (Å²) in [5.41, 5.74) is 0. The molecule has 0 unspecified atom stereocenters. The molecule has 0 fully saturated rings. The molecule has 0 heterocycles. The number of amides is 1. The third-order valence-corrected chi connectivity index (χ3v) is 11.1. The van der Waals surface area contributed by atoms with Crippen LogP contribution in [-0.2, 0) is 23.9 Å². The Balaban J connectivity index is 4.23. The third-order valence-electron chi connectivity index (χ3n) is 11.1. The fourth-order valence-electron chi connectivity index (χ4n) is 7.65. The Hall–Kier alpha value is -1.63. The van der Waals surface area contributed by atoms with Gasteiger partial charge in [0.2, 0.25) is 5.91 Å². The van der Waals surface area contributed by atoms with E-state index in [2.05, 4.69) is 33.0 Å². The van der Waals surface area contributed by atoms with Crippen molar-refractivity contribution in [2.24, 2.45) is 11.8 Å². The lowest BCUT2D eigenvalue weighted by atomic mass is 9.92. The molecule has 1 amide bonds. The third kappa shape index (κ3) is 36.0. The normalized spacial score (nSPS) is 11.7. The van der Waals surface area contributed by atoms with Crippen LogP contribution in [-0.4, -0.2) is 62.6 Å². The summed E-state index contributed by atoms with van der Waals surface area (Å²) in [4.78, 5) is 39.2. The molecule has 0 aliphatic carbocycles. The highest BCUT2D eigenvalue weighted by Gasteiger charge is 2.14. The van der Waals surface area contributed by atoms with Gasteiger partial charge < -0.3 is 19.7 Å². The van der Waals surface area contributed by atoms with Crippen molar-refractivity contribution in [3.05, 3.63) is 0 Å². The molecular weight excluding hydrogens is 673 g/mol. The number of ether oxygens (including phenoxy) is 2. The van der Waals surface area contributed by atoms with Gasteiger partial charge >= 0.3 is 11.9 Å². The number of hydrogen-bond donors (Lipinski definition) is 1. The van der Waals surface area contributed by atoms with Crippen LogP contribution < -0.4 is 5.32 Å². The molecule has 0 saturated heterocycles. The van der Waals surface area contributed by atoms with Gasteiger partial charge in [-0.1, -0.05) is 182 Å². The van der Waals surface area contributed by atoms with Gasteiger partial charge in [0.15, 0.2) is 0 Å². The molecule has 320 valence electrons. The first kappa shape index (κ1) is 52.4. The van der Waals surface area contributed by atoms with Crippen LogP contribution in [0.4, 0.5) is 0 Å². The van der Waals surface area contributed by atoms with Gasteiger partial charge in [0.05, 0.1) is 19.8 Å². The fraction of sp³-hybridized carbons (Fsp3) is 0.936. The van der Waals surface area contributed by atoms with E-state index in [9.17, 15) is 14.4 Å². The number of carbonyl (C=O) groups excluding carboxylic acids is 3. The second kappa shape index (κ2) is 39.6. The number of carbonyl (C=O) groups is 3. The van der Waals surface area contributed by atoms with E-state index >= 15 is 0 Å². The number of nitrogens with zero attached hydrogens (tertiary/aromatic N) is 1. The van der Waals surface area contributed by atoms with Gasteiger partial charge in [-0.2, -0.15) is 0 Å². The molecule has 54 heavy (non-hydrogen) atoms. The molecule has 0 aromatic heterocycles. The van der Waals surface area contributed by atoms with Crippen molar-refractivity contribution in [1.29, 1.82) is 0 Å². The van der Waals surface area contributed by atoms with Gasteiger partial charge in [0, 0.05) is 18.9 Å². The smallest absolute Gasteiger partial charge is 0.305 e. The second-order valence-electron chi connectivity index (χ2n) is 16.8. The lowest BCUT2D eigenvalue weighted by Crippen LogP contribution is -2.40. The number of rotatable bonds is 41. The Labute approximate surface area is 336 Å². The molecular formula is C47H92N2O5. The highest BCUT2D eigenvalue weighted by atomic mass is 16.5. The molecule has 0 bridgehead atoms. The van der Waals surface area contributed by atoms with Gasteiger partial charge in [-0.15, -0.1) is 0 Å². The highest BCUT2D eigenvalue weighted by molar-refractivity contribution is 5.78. The van der Waals surface area contributed by atoms with Crippen LogP contribution in [0.2, 0.25) is 0 Å². The predicted molar refractivity (Wildman–Crippen MR) is 230 cm³/mol. The van der Waals surface area contributed by atoms with Gasteiger partial charge in [-0.05, 0) is 64.5 Å². The molecule has 1 N–H and O–H groups in total. The van der Waals surface area contributed by atoms with E-state index in [1.807, 2.05) is 19.0 Å². The molecule has 0 aromatic carbocycles. The van der Waals surface area contributed by atoms with Crippen molar-refractivity contribution < 1.29 is 23.9 Å². The average Bonchev–Trinajstić information content (AvgIpc) is 3.13. The van der Waals surface area contributed by atoms with E-state index in [0.717, 1.165) is 89.9 Å². The Bertz CT molecular complexity index is 774. The first-order valence-electron chi connectivity index (χ1n) is 23.5. The Morgan fingerprint density at radius 3 is 1.13 bits per heavy atom. The van der Waals surface area contributed by atoms with Crippen LogP contribution in [0.15, 0.2) is 0 Å². The van der Waals surface area contributed by atoms with Crippen LogP contribution >= 0.6 is 0 Å². The molecule has 7 nitrogen and oxygen atoms in total. The maximum atomic E-state index is 12.6. The van der Waals surface area contributed by atoms with Crippen LogP contribution in [0, 0.1) is 11.8 Å². The lowest BCUT2D eigenvalue weighted by molar-refractivity contribution is -0.145. The van der Waals surface area contributed by atoms with E-state index < -0.39 is 0 Å². The zero-order valence-corrected chi connectivity index (χ0v) is 37.0. The van der Waals surface area contributed by atoms with Crippen LogP contribution in [0.25, 0.3) is 0 Å². The second-order valence-corrected chi connectivity index (χ2v) is 16.8. The summed E-state index contributed by atoms with van der Waals surface area (Å²) in [6.07, 6.45) is 36.2. The predicted octanol–water partition coefficient (Wildman–Crippen LogP) is 12.9. The van der Waals surface area contributed by atoms with Crippen molar-refractivity contribution >= 4 is 17.8 Å². The van der Waals surface area contributed by atoms with Crippen LogP contribution in [0.3, 0.4) is 0 Å². The van der Waals surface area contributed by atoms with Crippen LogP contribution in [0.1, 0.15) is 233 Å². The summed E-state index contributed by atoms with van der Waals surface area (Å²) in [6, 6.07) is 0.211. The highest BCUT2D eigenvalue weighted by Crippen LogP contribution is 2.23. The lowest BCUT2D eigenvalue weighted by Gasteiger charge is -2.20. The van der Waals surface area contributed by atoms with E-state index in [0.29, 0.717) is 44.4 Å². The Morgan fingerprint density at radius 1 is 0.444 bits per heavy atom. The van der Waals surface area contributed by atoms with Crippen molar-refractivity contribution in [3.63, 3.8) is 0 Å². The Kier molecular flexibility index (Phi) is 38.4. The molecule has 7 heteroatoms. The van der Waals surface area contributed by atoms with Crippen LogP contribution in [0.5, 0.6) is 0 Å². The molecule has 0 spiro atoms. The van der Waals surface area contributed by atoms with Crippen molar-refractivity contribution in [2.75, 3.05) is 33.9 Å². The summed E-state index contributed by atoms with van der Waals surface area (Å²) in [5, 5.41) is 3.29. The molecule has 0 aliphatic rings. The number of likely N-dealkylation sites (N-methyl/N-ethyl adjacent to an activating group) is 1. The fourth-order valence-corrected chi connectivity index (χ4v) is 7.65. The first-order valence-corrected chi connectivity index (χ1v) is 23.5. The quantitative estimate of drug-likeness (QED) is 0.0493. The summed E-state index contributed by atoms with van der Waals surface area (Å²) in [5.74, 6) is 1.43. The van der Waals surface area contributed by atoms with E-state index in [1.54, 1.807) is 0 Å². The molecule has 0 aliphatic heterocycles. The molecule has 0 radical (unpaired) electrons. The minimum Gasteiger partial charge on any atom is -0.466 e. The summed E-state index contributed by atoms with van der Waals surface area (Å²) < 4.78 is 11.3.